The van der Waals surface area contributed by atoms with Crippen molar-refractivity contribution in [2.24, 2.45) is 17.3 Å². The Morgan fingerprint density at radius 2 is 1.71 bits per heavy atom. The van der Waals surface area contributed by atoms with Crippen LogP contribution >= 0.6 is 0 Å². The molecular formula is C17H32N2O2. The molecule has 0 aromatic heterocycles. The summed E-state index contributed by atoms with van der Waals surface area (Å²) in [6.45, 7) is 15.1. The monoisotopic (exact) mass is 296 g/mol. The van der Waals surface area contributed by atoms with Crippen molar-refractivity contribution in [3.8, 4) is 0 Å². The van der Waals surface area contributed by atoms with E-state index < -0.39 is 0 Å². The van der Waals surface area contributed by atoms with Crippen LogP contribution < -0.4 is 5.32 Å². The molecule has 4 heteroatoms. The van der Waals surface area contributed by atoms with Gasteiger partial charge in [-0.3, -0.25) is 9.59 Å². The molecular weight excluding hydrogens is 264 g/mol. The molecule has 0 aliphatic carbocycles. The number of nitrogens with zero attached hydrogens (tertiary/aromatic N) is 1. The fraction of sp³-hybridized carbons (Fsp3) is 0.882. The third kappa shape index (κ3) is 3.98. The molecule has 2 amide bonds. The standard InChI is InChI=1S/C17H32N2O2/c1-8-11(3)10-19-14(17(5,6)7)15(20)18-13(16(19)21)12(4)9-2/h11-14H,8-10H2,1-7H3,(H,18,20). The molecule has 21 heavy (non-hydrogen) atoms. The minimum absolute atomic E-state index is 0.00398. The lowest BCUT2D eigenvalue weighted by atomic mass is 9.81. The molecule has 0 aromatic rings. The maximum absolute atomic E-state index is 12.9. The fourth-order valence-electron chi connectivity index (χ4n) is 2.88. The van der Waals surface area contributed by atoms with E-state index in [0.717, 1.165) is 12.8 Å². The smallest absolute Gasteiger partial charge is 0.246 e. The van der Waals surface area contributed by atoms with Crippen LogP contribution in [-0.4, -0.2) is 35.3 Å². The number of nitrogens with one attached hydrogen (secondary N) is 1. The summed E-state index contributed by atoms with van der Waals surface area (Å²) in [5.74, 6) is 0.656. The molecule has 4 nitrogen and oxygen atoms in total. The Morgan fingerprint density at radius 3 is 2.14 bits per heavy atom. The number of carbonyl (C=O) groups is 2. The zero-order valence-electron chi connectivity index (χ0n) is 14.7. The van der Waals surface area contributed by atoms with E-state index in [1.54, 1.807) is 0 Å². The molecule has 1 aliphatic rings. The summed E-state index contributed by atoms with van der Waals surface area (Å²) in [4.78, 5) is 27.3. The van der Waals surface area contributed by atoms with Crippen LogP contribution in [0.5, 0.6) is 0 Å². The van der Waals surface area contributed by atoms with Gasteiger partial charge in [-0.2, -0.15) is 0 Å². The second-order valence-electron chi connectivity index (χ2n) is 7.64. The van der Waals surface area contributed by atoms with Gasteiger partial charge in [-0.25, -0.2) is 0 Å². The Kier molecular flexibility index (Phi) is 5.83. The average Bonchev–Trinajstić information content (AvgIpc) is 2.39. The van der Waals surface area contributed by atoms with Gasteiger partial charge >= 0.3 is 0 Å². The van der Waals surface area contributed by atoms with Gasteiger partial charge in [0.05, 0.1) is 0 Å². The van der Waals surface area contributed by atoms with Crippen LogP contribution in [0.15, 0.2) is 0 Å². The van der Waals surface area contributed by atoms with Gasteiger partial charge < -0.3 is 10.2 Å². The molecule has 122 valence electrons. The molecule has 1 saturated heterocycles. The van der Waals surface area contributed by atoms with E-state index in [1.165, 1.54) is 0 Å². The number of hydrogen-bond donors (Lipinski definition) is 1. The lowest BCUT2D eigenvalue weighted by Crippen LogP contribution is -2.68. The molecule has 0 radical (unpaired) electrons. The van der Waals surface area contributed by atoms with Crippen LogP contribution in [0.4, 0.5) is 0 Å². The first-order valence-electron chi connectivity index (χ1n) is 8.24. The van der Waals surface area contributed by atoms with E-state index in [9.17, 15) is 9.59 Å². The SMILES string of the molecule is CCC(C)CN1C(=O)C(C(C)CC)NC(=O)C1C(C)(C)C. The van der Waals surface area contributed by atoms with Gasteiger partial charge in [0.1, 0.15) is 12.1 Å². The van der Waals surface area contributed by atoms with Gasteiger partial charge in [0.25, 0.3) is 0 Å². The number of hydrogen-bond acceptors (Lipinski definition) is 2. The molecule has 0 spiro atoms. The van der Waals surface area contributed by atoms with E-state index in [0.29, 0.717) is 12.5 Å². The van der Waals surface area contributed by atoms with Gasteiger partial charge in [-0.05, 0) is 17.3 Å². The summed E-state index contributed by atoms with van der Waals surface area (Å²) >= 11 is 0. The number of carbonyl (C=O) groups excluding carboxylic acids is 2. The van der Waals surface area contributed by atoms with Crippen molar-refractivity contribution in [3.05, 3.63) is 0 Å². The van der Waals surface area contributed by atoms with Crippen molar-refractivity contribution in [3.63, 3.8) is 0 Å². The summed E-state index contributed by atoms with van der Waals surface area (Å²) < 4.78 is 0. The molecule has 0 aromatic carbocycles. The minimum atomic E-state index is -0.376. The molecule has 1 heterocycles. The average molecular weight is 296 g/mol. The van der Waals surface area contributed by atoms with Crippen LogP contribution in [-0.2, 0) is 9.59 Å². The Hall–Kier alpha value is -1.06. The predicted molar refractivity (Wildman–Crippen MR) is 85.8 cm³/mol. The van der Waals surface area contributed by atoms with E-state index in [4.69, 9.17) is 0 Å². The second kappa shape index (κ2) is 6.80. The third-order valence-corrected chi connectivity index (χ3v) is 4.65. The summed E-state index contributed by atoms with van der Waals surface area (Å²) in [6, 6.07) is -0.746. The van der Waals surface area contributed by atoms with Crippen molar-refractivity contribution < 1.29 is 9.59 Å². The van der Waals surface area contributed by atoms with Crippen molar-refractivity contribution in [2.75, 3.05) is 6.54 Å². The molecule has 1 aliphatic heterocycles. The van der Waals surface area contributed by atoms with Crippen LogP contribution in [0.25, 0.3) is 0 Å². The van der Waals surface area contributed by atoms with E-state index >= 15 is 0 Å². The molecule has 0 bridgehead atoms. The molecule has 0 saturated carbocycles. The van der Waals surface area contributed by atoms with E-state index in [1.807, 2.05) is 32.6 Å². The van der Waals surface area contributed by atoms with Crippen LogP contribution in [0, 0.1) is 17.3 Å². The topological polar surface area (TPSA) is 49.4 Å². The number of amides is 2. The summed E-state index contributed by atoms with van der Waals surface area (Å²) in [6.07, 6.45) is 1.89. The van der Waals surface area contributed by atoms with Crippen LogP contribution in [0.2, 0.25) is 0 Å². The lowest BCUT2D eigenvalue weighted by Gasteiger charge is -2.46. The highest BCUT2D eigenvalue weighted by Crippen LogP contribution is 2.30. The number of piperazine rings is 1. The van der Waals surface area contributed by atoms with Crippen molar-refractivity contribution in [1.82, 2.24) is 10.2 Å². The molecule has 1 fully saturated rings. The zero-order valence-corrected chi connectivity index (χ0v) is 14.7. The van der Waals surface area contributed by atoms with Gasteiger partial charge in [0.15, 0.2) is 0 Å². The first kappa shape index (κ1) is 18.0. The fourth-order valence-corrected chi connectivity index (χ4v) is 2.88. The van der Waals surface area contributed by atoms with Gasteiger partial charge in [-0.15, -0.1) is 0 Å². The summed E-state index contributed by atoms with van der Waals surface area (Å²) in [7, 11) is 0. The van der Waals surface area contributed by atoms with Gasteiger partial charge in [0.2, 0.25) is 11.8 Å². The Labute approximate surface area is 129 Å². The molecule has 4 atom stereocenters. The van der Waals surface area contributed by atoms with Crippen LogP contribution in [0.3, 0.4) is 0 Å². The molecule has 4 unspecified atom stereocenters. The highest BCUT2D eigenvalue weighted by molar-refractivity contribution is 5.97. The predicted octanol–water partition coefficient (Wildman–Crippen LogP) is 2.82. The maximum atomic E-state index is 12.9. The van der Waals surface area contributed by atoms with E-state index in [-0.39, 0.29) is 35.2 Å². The third-order valence-electron chi connectivity index (χ3n) is 4.65. The van der Waals surface area contributed by atoms with Gasteiger partial charge in [-0.1, -0.05) is 61.3 Å². The first-order valence-corrected chi connectivity index (χ1v) is 8.24. The Balaban J connectivity index is 3.11. The van der Waals surface area contributed by atoms with Gasteiger partial charge in [0, 0.05) is 6.54 Å². The first-order chi connectivity index (χ1) is 9.63. The van der Waals surface area contributed by atoms with Crippen molar-refractivity contribution in [2.45, 2.75) is 73.4 Å². The molecule has 1 N–H and O–H groups in total. The summed E-state index contributed by atoms with van der Waals surface area (Å²) in [5.41, 5.74) is -0.256. The summed E-state index contributed by atoms with van der Waals surface area (Å²) in [5, 5.41) is 2.96. The maximum Gasteiger partial charge on any atom is 0.246 e. The van der Waals surface area contributed by atoms with E-state index in [2.05, 4.69) is 26.1 Å². The van der Waals surface area contributed by atoms with Crippen LogP contribution in [0.1, 0.15) is 61.3 Å². The minimum Gasteiger partial charge on any atom is -0.342 e. The largest absolute Gasteiger partial charge is 0.342 e. The highest BCUT2D eigenvalue weighted by Gasteiger charge is 2.47. The Morgan fingerprint density at radius 1 is 1.14 bits per heavy atom. The quantitative estimate of drug-likeness (QED) is 0.848. The number of rotatable bonds is 5. The molecule has 1 rings (SSSR count). The highest BCUT2D eigenvalue weighted by atomic mass is 16.2. The zero-order chi connectivity index (χ0) is 16.4. The van der Waals surface area contributed by atoms with Crippen molar-refractivity contribution >= 4 is 11.8 Å². The lowest BCUT2D eigenvalue weighted by molar-refractivity contribution is -0.156. The van der Waals surface area contributed by atoms with Crippen molar-refractivity contribution in [1.29, 1.82) is 0 Å². The normalized spacial score (nSPS) is 26.5. The second-order valence-corrected chi connectivity index (χ2v) is 7.64. The Bertz CT molecular complexity index is 387.